The fourth-order valence-corrected chi connectivity index (χ4v) is 3.71. The molecule has 1 aliphatic rings. The van der Waals surface area contributed by atoms with Gasteiger partial charge in [0.05, 0.1) is 52.4 Å². The molecule has 0 saturated carbocycles. The van der Waals surface area contributed by atoms with Gasteiger partial charge in [-0.25, -0.2) is 0 Å². The van der Waals surface area contributed by atoms with Crippen LogP contribution in [0.3, 0.4) is 0 Å². The van der Waals surface area contributed by atoms with E-state index < -0.39 is 6.04 Å². The predicted molar refractivity (Wildman–Crippen MR) is 132 cm³/mol. The Balaban J connectivity index is 2.04. The van der Waals surface area contributed by atoms with Crippen molar-refractivity contribution in [2.75, 3.05) is 40.3 Å². The summed E-state index contributed by atoms with van der Waals surface area (Å²) in [5.41, 5.74) is 9.84. The molecule has 0 saturated heterocycles. The van der Waals surface area contributed by atoms with Crippen LogP contribution in [0.25, 0.3) is 11.3 Å². The van der Waals surface area contributed by atoms with E-state index >= 15 is 0 Å². The molecule has 2 unspecified atom stereocenters. The number of rotatable bonds is 10. The summed E-state index contributed by atoms with van der Waals surface area (Å²) in [5, 5.41) is 11.5. The largest absolute Gasteiger partial charge is 0.495 e. The van der Waals surface area contributed by atoms with Crippen LogP contribution in [-0.2, 0) is 4.79 Å². The molecule has 1 heterocycles. The summed E-state index contributed by atoms with van der Waals surface area (Å²) in [6, 6.07) is 8.61. The Bertz CT molecular complexity index is 1090. The molecule has 9 heteroatoms. The summed E-state index contributed by atoms with van der Waals surface area (Å²) in [7, 11) is 6.24. The highest BCUT2D eigenvalue weighted by Gasteiger charge is 2.24. The van der Waals surface area contributed by atoms with Crippen molar-refractivity contribution in [1.82, 2.24) is 0 Å². The molecule has 2 atom stereocenters. The van der Waals surface area contributed by atoms with Gasteiger partial charge in [-0.2, -0.15) is 10.2 Å². The van der Waals surface area contributed by atoms with Crippen molar-refractivity contribution in [3.05, 3.63) is 41.5 Å². The van der Waals surface area contributed by atoms with Gasteiger partial charge in [-0.1, -0.05) is 26.3 Å². The van der Waals surface area contributed by atoms with Crippen LogP contribution in [0.1, 0.15) is 31.4 Å². The third-order valence-corrected chi connectivity index (χ3v) is 5.99. The number of carbonyl (C=O) groups excluding carboxylic acids is 1. The number of nitrogens with one attached hydrogen (secondary N) is 1. The van der Waals surface area contributed by atoms with Crippen LogP contribution in [0, 0.1) is 5.92 Å². The summed E-state index contributed by atoms with van der Waals surface area (Å²) in [6.07, 6.45) is 0.805. The number of nitrogens with zero attached hydrogens (tertiary/aromatic N) is 2. The monoisotopic (exact) mass is 468 g/mol. The first-order valence-corrected chi connectivity index (χ1v) is 11.0. The van der Waals surface area contributed by atoms with Crippen LogP contribution in [0.5, 0.6) is 23.0 Å². The Kier molecular flexibility index (Phi) is 8.12. The lowest BCUT2D eigenvalue weighted by Crippen LogP contribution is -2.40. The zero-order chi connectivity index (χ0) is 24.8. The summed E-state index contributed by atoms with van der Waals surface area (Å²) < 4.78 is 21.9. The van der Waals surface area contributed by atoms with Gasteiger partial charge >= 0.3 is 0 Å². The van der Waals surface area contributed by atoms with Gasteiger partial charge in [-0.3, -0.25) is 4.79 Å². The van der Waals surface area contributed by atoms with Gasteiger partial charge in [-0.15, -0.1) is 0 Å². The van der Waals surface area contributed by atoms with Gasteiger partial charge in [0.15, 0.2) is 11.5 Å². The molecule has 3 N–H and O–H groups in total. The summed E-state index contributed by atoms with van der Waals surface area (Å²) >= 11 is 0. The number of methoxy groups -OCH3 is 4. The van der Waals surface area contributed by atoms with Crippen molar-refractivity contribution in [1.29, 1.82) is 0 Å². The minimum Gasteiger partial charge on any atom is -0.495 e. The molecule has 182 valence electrons. The molecule has 2 aromatic carbocycles. The number of carbonyl (C=O) groups is 1. The smallest absolute Gasteiger partial charge is 0.241 e. The van der Waals surface area contributed by atoms with E-state index in [-0.39, 0.29) is 11.8 Å². The molecule has 0 aliphatic carbocycles. The molecule has 2 aromatic rings. The first-order valence-electron chi connectivity index (χ1n) is 11.0. The Morgan fingerprint density at radius 3 is 2.21 bits per heavy atom. The molecule has 0 spiro atoms. The van der Waals surface area contributed by atoms with Crippen molar-refractivity contribution in [2.45, 2.75) is 26.3 Å². The number of benzene rings is 2. The Labute approximate surface area is 199 Å². The van der Waals surface area contributed by atoms with Gasteiger partial charge < -0.3 is 30.0 Å². The maximum Gasteiger partial charge on any atom is 0.241 e. The Morgan fingerprint density at radius 1 is 1.00 bits per heavy atom. The molecule has 0 fully saturated rings. The third kappa shape index (κ3) is 4.99. The maximum absolute atomic E-state index is 12.7. The van der Waals surface area contributed by atoms with E-state index in [1.165, 1.54) is 0 Å². The lowest BCUT2D eigenvalue weighted by Gasteiger charge is -2.19. The highest BCUT2D eigenvalue weighted by Crippen LogP contribution is 2.43. The molecule has 1 amide bonds. The van der Waals surface area contributed by atoms with Gasteiger partial charge in [0, 0.05) is 11.1 Å². The highest BCUT2D eigenvalue weighted by atomic mass is 16.5. The molecule has 1 aliphatic heterocycles. The van der Waals surface area contributed by atoms with Crippen LogP contribution in [0.15, 0.2) is 40.6 Å². The van der Waals surface area contributed by atoms with Crippen molar-refractivity contribution >= 4 is 22.9 Å². The van der Waals surface area contributed by atoms with Crippen LogP contribution in [0.2, 0.25) is 0 Å². The second-order valence-corrected chi connectivity index (χ2v) is 7.96. The number of anilines is 1. The van der Waals surface area contributed by atoms with E-state index in [0.717, 1.165) is 23.1 Å². The number of amides is 1. The fourth-order valence-electron chi connectivity index (χ4n) is 3.71. The first-order chi connectivity index (χ1) is 16.4. The third-order valence-electron chi connectivity index (χ3n) is 5.99. The molecule has 34 heavy (non-hydrogen) atoms. The molecule has 0 aromatic heterocycles. The van der Waals surface area contributed by atoms with Gasteiger partial charge in [0.2, 0.25) is 11.7 Å². The van der Waals surface area contributed by atoms with Crippen molar-refractivity contribution in [3.8, 4) is 23.0 Å². The lowest BCUT2D eigenvalue weighted by atomic mass is 9.98. The number of nitrogens with two attached hydrogens (primary N) is 1. The average Bonchev–Trinajstić information content (AvgIpc) is 3.36. The predicted octanol–water partition coefficient (Wildman–Crippen LogP) is 4.37. The minimum absolute atomic E-state index is 0.0518. The van der Waals surface area contributed by atoms with Gasteiger partial charge in [-0.05, 0) is 35.7 Å². The van der Waals surface area contributed by atoms with Crippen LogP contribution in [-0.4, -0.2) is 46.9 Å². The van der Waals surface area contributed by atoms with E-state index in [4.69, 9.17) is 24.7 Å². The number of hydrogen-bond donors (Lipinski definition) is 2. The highest BCUT2D eigenvalue weighted by molar-refractivity contribution is 5.98. The SMILES string of the molecule is CCC(C)C(N)C(=O)Nc1cc(C2=C(c3cc(OC)c(OC)c(OC)c3)N=NC2)ccc1OC. The van der Waals surface area contributed by atoms with Gasteiger partial charge in [0.1, 0.15) is 5.75 Å². The standard InChI is InChI=1S/C25H32N4O5/c1-7-14(2)22(26)25(30)28-18-10-15(8-9-19(18)31-3)17-13-27-29-23(17)16-11-20(32-4)24(34-6)21(12-16)33-5/h8-12,14,22H,7,13,26H2,1-6H3,(H,28,30). The van der Waals surface area contributed by atoms with E-state index in [1.54, 1.807) is 34.5 Å². The summed E-state index contributed by atoms with van der Waals surface area (Å²) in [6.45, 7) is 4.34. The van der Waals surface area contributed by atoms with Crippen molar-refractivity contribution < 1.29 is 23.7 Å². The van der Waals surface area contributed by atoms with E-state index in [9.17, 15) is 4.79 Å². The van der Waals surface area contributed by atoms with E-state index in [1.807, 2.05) is 38.1 Å². The number of azo groups is 1. The summed E-state index contributed by atoms with van der Waals surface area (Å²) in [5.74, 6) is 1.87. The quantitative estimate of drug-likeness (QED) is 0.535. The van der Waals surface area contributed by atoms with E-state index in [2.05, 4.69) is 15.5 Å². The molecule has 0 radical (unpaired) electrons. The minimum atomic E-state index is -0.621. The summed E-state index contributed by atoms with van der Waals surface area (Å²) in [4.78, 5) is 12.7. The maximum atomic E-state index is 12.7. The van der Waals surface area contributed by atoms with Crippen LogP contribution >= 0.6 is 0 Å². The van der Waals surface area contributed by atoms with Crippen molar-refractivity contribution in [3.63, 3.8) is 0 Å². The number of hydrogen-bond acceptors (Lipinski definition) is 8. The first kappa shape index (κ1) is 25.0. The van der Waals surface area contributed by atoms with Crippen LogP contribution in [0.4, 0.5) is 5.69 Å². The molecule has 0 bridgehead atoms. The lowest BCUT2D eigenvalue weighted by molar-refractivity contribution is -0.118. The van der Waals surface area contributed by atoms with Crippen LogP contribution < -0.4 is 30.0 Å². The topological polar surface area (TPSA) is 117 Å². The van der Waals surface area contributed by atoms with Gasteiger partial charge in [0.25, 0.3) is 0 Å². The Morgan fingerprint density at radius 2 is 1.65 bits per heavy atom. The fraction of sp³-hybridized carbons (Fsp3) is 0.400. The molecule has 9 nitrogen and oxygen atoms in total. The van der Waals surface area contributed by atoms with E-state index in [0.29, 0.717) is 40.9 Å². The Hall–Kier alpha value is -3.59. The van der Waals surface area contributed by atoms with Crippen molar-refractivity contribution in [2.24, 2.45) is 21.9 Å². The zero-order valence-corrected chi connectivity index (χ0v) is 20.5. The molecular formula is C25H32N4O5. The normalized spacial score (nSPS) is 14.6. The number of ether oxygens (including phenoxy) is 4. The molecule has 3 rings (SSSR count). The second kappa shape index (κ2) is 11.0. The second-order valence-electron chi connectivity index (χ2n) is 7.96. The molecular weight excluding hydrogens is 436 g/mol. The average molecular weight is 469 g/mol. The zero-order valence-electron chi connectivity index (χ0n) is 20.5.